The third-order valence-electron chi connectivity index (χ3n) is 6.40. The van der Waals surface area contributed by atoms with Crippen molar-refractivity contribution in [2.45, 2.75) is 31.9 Å². The number of aromatic nitrogens is 2. The number of pyridine rings is 1. The molecule has 2 aliphatic rings. The summed E-state index contributed by atoms with van der Waals surface area (Å²) < 4.78 is 16.1. The number of nitrogens with zero attached hydrogens (tertiary/aromatic N) is 3. The average molecular weight is 503 g/mol. The van der Waals surface area contributed by atoms with Gasteiger partial charge in [0.05, 0.1) is 24.6 Å². The van der Waals surface area contributed by atoms with E-state index < -0.39 is 17.6 Å². The second-order valence-electron chi connectivity index (χ2n) is 9.22. The largest absolute Gasteiger partial charge is 0.489 e. The van der Waals surface area contributed by atoms with Crippen molar-refractivity contribution in [3.63, 3.8) is 0 Å². The molecule has 2 amide bonds. The molecule has 2 aliphatic heterocycles. The summed E-state index contributed by atoms with van der Waals surface area (Å²) in [6, 6.07) is 7.78. The Morgan fingerprint density at radius 1 is 1.27 bits per heavy atom. The molecular formula is C27H26N4O6. The molecule has 0 unspecified atom stereocenters. The highest BCUT2D eigenvalue weighted by Crippen LogP contribution is 2.31. The van der Waals surface area contributed by atoms with E-state index in [1.807, 2.05) is 19.9 Å². The van der Waals surface area contributed by atoms with E-state index >= 15 is 0 Å². The predicted octanol–water partition coefficient (Wildman–Crippen LogP) is 1.54. The van der Waals surface area contributed by atoms with E-state index in [1.165, 1.54) is 4.90 Å². The molecule has 4 heterocycles. The quantitative estimate of drug-likeness (QED) is 0.515. The first-order valence-corrected chi connectivity index (χ1v) is 11.8. The molecule has 37 heavy (non-hydrogen) atoms. The molecule has 0 bridgehead atoms. The predicted molar refractivity (Wildman–Crippen MR) is 132 cm³/mol. The normalized spacial score (nSPS) is 18.0. The molecule has 1 saturated heterocycles. The molecule has 5 rings (SSSR count). The van der Waals surface area contributed by atoms with Gasteiger partial charge in [-0.2, -0.15) is 0 Å². The minimum atomic E-state index is -1.14. The van der Waals surface area contributed by atoms with Crippen LogP contribution in [0.5, 0.6) is 5.75 Å². The maximum atomic E-state index is 13.2. The van der Waals surface area contributed by atoms with Crippen LogP contribution in [0.3, 0.4) is 0 Å². The summed E-state index contributed by atoms with van der Waals surface area (Å²) in [6.07, 6.45) is 2.10. The molecule has 190 valence electrons. The molecule has 1 aromatic carbocycles. The maximum Gasteiger partial charge on any atom is 0.270 e. The Kier molecular flexibility index (Phi) is 6.41. The van der Waals surface area contributed by atoms with Gasteiger partial charge in [0.2, 0.25) is 0 Å². The number of hydrogen-bond acceptors (Lipinski definition) is 8. The average Bonchev–Trinajstić information content (AvgIpc) is 3.14. The number of carbonyl (C=O) groups excluding carboxylic acids is 2. The van der Waals surface area contributed by atoms with Crippen LogP contribution in [-0.2, 0) is 16.0 Å². The number of benzene rings is 1. The van der Waals surface area contributed by atoms with Crippen molar-refractivity contribution in [3.8, 4) is 17.6 Å². The molecule has 2 aromatic heterocycles. The second-order valence-corrected chi connectivity index (χ2v) is 9.22. The van der Waals surface area contributed by atoms with Gasteiger partial charge < -0.3 is 29.3 Å². The molecule has 0 aliphatic carbocycles. The Morgan fingerprint density at radius 3 is 2.78 bits per heavy atom. The van der Waals surface area contributed by atoms with E-state index in [0.717, 1.165) is 22.6 Å². The lowest BCUT2D eigenvalue weighted by atomic mass is 10.0. The van der Waals surface area contributed by atoms with Gasteiger partial charge in [0.25, 0.3) is 11.8 Å². The van der Waals surface area contributed by atoms with Gasteiger partial charge in [-0.1, -0.05) is 17.0 Å². The topological polar surface area (TPSA) is 127 Å². The third-order valence-corrected chi connectivity index (χ3v) is 6.40. The highest BCUT2D eigenvalue weighted by molar-refractivity contribution is 6.03. The van der Waals surface area contributed by atoms with Gasteiger partial charge in [-0.05, 0) is 49.7 Å². The summed E-state index contributed by atoms with van der Waals surface area (Å²) in [5.41, 5.74) is 2.81. The van der Waals surface area contributed by atoms with Gasteiger partial charge in [-0.15, -0.1) is 0 Å². The first-order valence-electron chi connectivity index (χ1n) is 11.8. The van der Waals surface area contributed by atoms with Crippen molar-refractivity contribution < 1.29 is 28.7 Å². The van der Waals surface area contributed by atoms with E-state index in [0.29, 0.717) is 23.4 Å². The Labute approximate surface area is 213 Å². The van der Waals surface area contributed by atoms with Gasteiger partial charge in [0, 0.05) is 30.8 Å². The van der Waals surface area contributed by atoms with Crippen LogP contribution in [-0.4, -0.2) is 65.6 Å². The minimum Gasteiger partial charge on any atom is -0.489 e. The monoisotopic (exact) mass is 502 g/mol. The van der Waals surface area contributed by atoms with E-state index in [9.17, 15) is 14.7 Å². The van der Waals surface area contributed by atoms with Crippen molar-refractivity contribution in [2.75, 3.05) is 31.8 Å². The van der Waals surface area contributed by atoms with Crippen LogP contribution in [0.15, 0.2) is 41.1 Å². The Bertz CT molecular complexity index is 1410. The summed E-state index contributed by atoms with van der Waals surface area (Å²) in [6.45, 7) is 4.02. The van der Waals surface area contributed by atoms with Gasteiger partial charge in [0.15, 0.2) is 5.60 Å². The lowest BCUT2D eigenvalue weighted by molar-refractivity contribution is -0.140. The fraction of sp³-hybridized carbons (Fsp3) is 0.333. The summed E-state index contributed by atoms with van der Waals surface area (Å²) >= 11 is 0. The van der Waals surface area contributed by atoms with Crippen molar-refractivity contribution in [1.29, 1.82) is 0 Å². The number of amides is 2. The molecule has 10 heteroatoms. The molecule has 3 aromatic rings. The molecule has 1 atom stereocenters. The van der Waals surface area contributed by atoms with E-state index in [1.54, 1.807) is 37.5 Å². The third kappa shape index (κ3) is 5.05. The number of aliphatic hydroxyl groups is 1. The SMILES string of the molecule is Cc1noc(C)c1Cc1ccnc(C(=O)N[C@H]2COc3ccc(C#CC4(O)COC4)cc3N(C)C2=O)c1. The smallest absolute Gasteiger partial charge is 0.270 e. The zero-order valence-corrected chi connectivity index (χ0v) is 20.7. The standard InChI is InChI=1S/C27H26N4O6/c1-16-20(17(2)37-30-16)10-19-7-9-28-21(11-19)25(32)29-22-13-36-24-5-4-18(6-8-27(34)14-35-15-27)12-23(24)31(3)26(22)33/h4-5,7,9,11-12,22,34H,10,13-15H2,1-3H3,(H,29,32)/t22-/m0/s1. The number of anilines is 1. The zero-order valence-electron chi connectivity index (χ0n) is 20.7. The molecular weight excluding hydrogens is 476 g/mol. The Hall–Kier alpha value is -4.20. The summed E-state index contributed by atoms with van der Waals surface area (Å²) in [4.78, 5) is 31.9. The number of carbonyl (C=O) groups is 2. The lowest BCUT2D eigenvalue weighted by Gasteiger charge is -2.30. The van der Waals surface area contributed by atoms with Crippen LogP contribution >= 0.6 is 0 Å². The molecule has 0 saturated carbocycles. The van der Waals surface area contributed by atoms with Crippen molar-refractivity contribution in [1.82, 2.24) is 15.5 Å². The number of nitrogens with one attached hydrogen (secondary N) is 1. The van der Waals surface area contributed by atoms with Crippen molar-refractivity contribution >= 4 is 17.5 Å². The lowest BCUT2D eigenvalue weighted by Crippen LogP contribution is -2.49. The van der Waals surface area contributed by atoms with Crippen molar-refractivity contribution in [2.24, 2.45) is 0 Å². The fourth-order valence-electron chi connectivity index (χ4n) is 4.13. The number of aryl methyl sites for hydroxylation is 2. The molecule has 0 spiro atoms. The number of fused-ring (bicyclic) bond motifs is 1. The van der Waals surface area contributed by atoms with E-state index in [-0.39, 0.29) is 31.4 Å². The Balaban J connectivity index is 1.29. The van der Waals surface area contributed by atoms with E-state index in [2.05, 4.69) is 27.3 Å². The highest BCUT2D eigenvalue weighted by atomic mass is 16.5. The van der Waals surface area contributed by atoms with E-state index in [4.69, 9.17) is 14.0 Å². The zero-order chi connectivity index (χ0) is 26.2. The molecule has 2 N–H and O–H groups in total. The number of ether oxygens (including phenoxy) is 2. The van der Waals surface area contributed by atoms with Crippen LogP contribution < -0.4 is 15.0 Å². The highest BCUT2D eigenvalue weighted by Gasteiger charge is 2.34. The summed E-state index contributed by atoms with van der Waals surface area (Å²) in [5, 5.41) is 16.8. The van der Waals surface area contributed by atoms with Crippen LogP contribution in [0.25, 0.3) is 0 Å². The van der Waals surface area contributed by atoms with Crippen LogP contribution in [0.1, 0.15) is 38.6 Å². The van der Waals surface area contributed by atoms with Gasteiger partial charge in [-0.3, -0.25) is 14.6 Å². The summed E-state index contributed by atoms with van der Waals surface area (Å²) in [7, 11) is 1.61. The van der Waals surface area contributed by atoms with Crippen molar-refractivity contribution in [3.05, 3.63) is 70.4 Å². The molecule has 1 fully saturated rings. The fourth-order valence-corrected chi connectivity index (χ4v) is 4.13. The first kappa shape index (κ1) is 24.5. The van der Waals surface area contributed by atoms with Crippen LogP contribution in [0.4, 0.5) is 5.69 Å². The number of likely N-dealkylation sites (N-methyl/N-ethyl adjacent to an activating group) is 1. The first-order chi connectivity index (χ1) is 17.7. The Morgan fingerprint density at radius 2 is 2.08 bits per heavy atom. The minimum absolute atomic E-state index is 0.0389. The van der Waals surface area contributed by atoms with Crippen LogP contribution in [0, 0.1) is 25.7 Å². The summed E-state index contributed by atoms with van der Waals surface area (Å²) in [5.74, 6) is 6.12. The van der Waals surface area contributed by atoms with Gasteiger partial charge in [0.1, 0.15) is 29.9 Å². The maximum absolute atomic E-state index is 13.2. The number of hydrogen-bond donors (Lipinski definition) is 2. The molecule has 0 radical (unpaired) electrons. The van der Waals surface area contributed by atoms with Gasteiger partial charge >= 0.3 is 0 Å². The van der Waals surface area contributed by atoms with Gasteiger partial charge in [-0.25, -0.2) is 0 Å². The second kappa shape index (κ2) is 9.69. The molecule has 10 nitrogen and oxygen atoms in total. The number of rotatable bonds is 4. The van der Waals surface area contributed by atoms with Crippen LogP contribution in [0.2, 0.25) is 0 Å².